The number of rotatable bonds is 0. The van der Waals surface area contributed by atoms with Crippen LogP contribution < -0.4 is 0 Å². The molecule has 53 heavy (non-hydrogen) atoms. The van der Waals surface area contributed by atoms with E-state index in [9.17, 15) is 5.11 Å². The third-order valence-electron chi connectivity index (χ3n) is 10.4. The lowest BCUT2D eigenvalue weighted by Gasteiger charge is -2.19. The first-order valence-electron chi connectivity index (χ1n) is 18.1. The van der Waals surface area contributed by atoms with Gasteiger partial charge in [0, 0.05) is 43.8 Å². The fourth-order valence-electron chi connectivity index (χ4n) is 7.18. The van der Waals surface area contributed by atoms with E-state index in [2.05, 4.69) is 127 Å². The lowest BCUT2D eigenvalue weighted by atomic mass is 9.85. The van der Waals surface area contributed by atoms with Crippen LogP contribution in [0.3, 0.4) is 0 Å². The number of aromatic amines is 2. The van der Waals surface area contributed by atoms with Crippen molar-refractivity contribution >= 4 is 44.1 Å². The van der Waals surface area contributed by atoms with Crippen molar-refractivity contribution in [2.75, 3.05) is 0 Å². The molecule has 9 nitrogen and oxygen atoms in total. The van der Waals surface area contributed by atoms with Crippen LogP contribution in [-0.2, 0) is 16.2 Å². The van der Waals surface area contributed by atoms with Crippen molar-refractivity contribution in [2.24, 2.45) is 0 Å². The van der Waals surface area contributed by atoms with Crippen LogP contribution in [0.1, 0.15) is 79.0 Å². The van der Waals surface area contributed by atoms with Crippen molar-refractivity contribution < 1.29 is 5.11 Å². The summed E-state index contributed by atoms with van der Waals surface area (Å²) < 4.78 is 0. The number of benzene rings is 4. The van der Waals surface area contributed by atoms with Crippen molar-refractivity contribution in [1.82, 2.24) is 39.9 Å². The summed E-state index contributed by atoms with van der Waals surface area (Å²) >= 11 is 0. The molecule has 9 rings (SSSR count). The molecule has 0 unspecified atom stereocenters. The van der Waals surface area contributed by atoms with E-state index in [1.165, 1.54) is 16.7 Å². The molecule has 8 bridgehead atoms. The van der Waals surface area contributed by atoms with E-state index in [1.807, 2.05) is 6.07 Å². The number of aromatic hydroxyl groups is 1. The summed E-state index contributed by atoms with van der Waals surface area (Å²) in [7, 11) is 0. The van der Waals surface area contributed by atoms with E-state index >= 15 is 0 Å². The van der Waals surface area contributed by atoms with E-state index in [0.29, 0.717) is 45.9 Å². The van der Waals surface area contributed by atoms with E-state index < -0.39 is 0 Å². The number of nitrogens with zero attached hydrogens (tertiary/aromatic N) is 6. The van der Waals surface area contributed by atoms with E-state index in [4.69, 9.17) is 29.9 Å². The van der Waals surface area contributed by atoms with Crippen LogP contribution in [0, 0.1) is 0 Å². The molecule has 3 N–H and O–H groups in total. The Morgan fingerprint density at radius 2 is 0.736 bits per heavy atom. The van der Waals surface area contributed by atoms with Crippen LogP contribution in [0.25, 0.3) is 89.7 Å². The monoisotopic (exact) mass is 698 g/mol. The largest absolute Gasteiger partial charge is 0.508 e. The number of hydrogen-bond acceptors (Lipinski definition) is 7. The first kappa shape index (κ1) is 32.9. The molecule has 7 aromatic rings. The lowest BCUT2D eigenvalue weighted by molar-refractivity contribution is 0.476. The fraction of sp³-hybridized carbons (Fsp3) is 0.273. The van der Waals surface area contributed by atoms with Gasteiger partial charge in [-0.15, -0.1) is 0 Å². The maximum Gasteiger partial charge on any atom is 0.164 e. The lowest BCUT2D eigenvalue weighted by Crippen LogP contribution is -2.10. The Morgan fingerprint density at radius 1 is 0.377 bits per heavy atom. The summed E-state index contributed by atoms with van der Waals surface area (Å²) in [5.41, 5.74) is 9.30. The molecule has 2 aliphatic heterocycles. The molecule has 9 heteroatoms. The Morgan fingerprint density at radius 3 is 1.19 bits per heavy atom. The zero-order chi connectivity index (χ0) is 37.2. The second-order valence-corrected chi connectivity index (χ2v) is 17.4. The van der Waals surface area contributed by atoms with Gasteiger partial charge >= 0.3 is 0 Å². The quantitative estimate of drug-likeness (QED) is 0.144. The number of nitrogens with one attached hydrogen (secondary N) is 2. The first-order valence-corrected chi connectivity index (χ1v) is 18.1. The number of fused-ring (bicyclic) bond motifs is 20. The average Bonchev–Trinajstić information content (AvgIpc) is 3.81. The van der Waals surface area contributed by atoms with Crippen LogP contribution in [0.2, 0.25) is 0 Å². The number of phenols is 1. The third-order valence-corrected chi connectivity index (χ3v) is 10.4. The van der Waals surface area contributed by atoms with Crippen LogP contribution in [0.4, 0.5) is 0 Å². The Kier molecular flexibility index (Phi) is 6.85. The molecule has 0 amide bonds. The Labute approximate surface area is 307 Å². The van der Waals surface area contributed by atoms with Gasteiger partial charge in [-0.2, -0.15) is 0 Å². The predicted octanol–water partition coefficient (Wildman–Crippen LogP) is 10.5. The Bertz CT molecular complexity index is 2840. The molecule has 0 saturated heterocycles. The molecule has 0 aliphatic carbocycles. The summed E-state index contributed by atoms with van der Waals surface area (Å²) in [5, 5.41) is 14.0. The highest BCUT2D eigenvalue weighted by Gasteiger charge is 2.26. The normalized spacial score (nSPS) is 13.1. The van der Waals surface area contributed by atoms with Crippen molar-refractivity contribution in [3.63, 3.8) is 0 Å². The van der Waals surface area contributed by atoms with Crippen LogP contribution in [0.5, 0.6) is 5.75 Å². The van der Waals surface area contributed by atoms with Gasteiger partial charge in [0.15, 0.2) is 23.3 Å². The van der Waals surface area contributed by atoms with Crippen molar-refractivity contribution in [3.05, 3.63) is 89.5 Å². The molecule has 264 valence electrons. The molecule has 0 spiro atoms. The standard InChI is InChI=1S/C44H42N8O/c1-42(2,3)22-10-14-26-30(18-22)38-45-34(26)47-39-32-20-24(44(7,8)9)12-16-28(32)36(49-39)51-41-33-21-25(53)13-17-29(33)37(52-41)50-40-31-19-23(43(4,5)6)11-15-27(31)35(46-38)48-40/h10-21,53H,1-9H3,(H2,45,46,47,48,49,50,51,52). The smallest absolute Gasteiger partial charge is 0.164 e. The molecular weight excluding hydrogens is 657 g/mol. The number of phenolic OH excluding ortho intramolecular Hbond substituents is 1. The van der Waals surface area contributed by atoms with Gasteiger partial charge in [0.2, 0.25) is 0 Å². The molecule has 3 aromatic heterocycles. The summed E-state index contributed by atoms with van der Waals surface area (Å²) in [5.74, 6) is 2.32. The van der Waals surface area contributed by atoms with E-state index in [1.54, 1.807) is 12.1 Å². The summed E-state index contributed by atoms with van der Waals surface area (Å²) in [6, 6.07) is 24.6. The van der Waals surface area contributed by atoms with Crippen LogP contribution >= 0.6 is 0 Å². The molecule has 0 atom stereocenters. The highest BCUT2D eigenvalue weighted by atomic mass is 16.3. The van der Waals surface area contributed by atoms with E-state index in [-0.39, 0.29) is 22.0 Å². The topological polar surface area (TPSA) is 129 Å². The zero-order valence-corrected chi connectivity index (χ0v) is 31.6. The molecule has 4 aromatic carbocycles. The second kappa shape index (κ2) is 11.0. The molecule has 2 aliphatic rings. The highest BCUT2D eigenvalue weighted by Crippen LogP contribution is 2.40. The Balaban J connectivity index is 1.47. The Hall–Kier alpha value is -5.96. The van der Waals surface area contributed by atoms with E-state index in [0.717, 1.165) is 43.8 Å². The van der Waals surface area contributed by atoms with Gasteiger partial charge in [0.05, 0.1) is 0 Å². The van der Waals surface area contributed by atoms with Gasteiger partial charge < -0.3 is 15.1 Å². The highest BCUT2D eigenvalue weighted by molar-refractivity contribution is 6.07. The zero-order valence-electron chi connectivity index (χ0n) is 31.6. The van der Waals surface area contributed by atoms with Gasteiger partial charge in [-0.25, -0.2) is 29.9 Å². The minimum absolute atomic E-state index is 0.0760. The molecule has 0 radical (unpaired) electrons. The molecular formula is C44H42N8O. The van der Waals surface area contributed by atoms with Gasteiger partial charge in [0.1, 0.15) is 28.3 Å². The SMILES string of the molecule is CC(C)(C)c1ccc2c(c1)-c1nc-2nc2[nH]c(nc3nc(nc4[nH]c(n1)c1ccc(O)cc41)-c1ccc(C(C)(C)C)cc1-3)c1ccc(C(C)(C)C)cc21. The minimum Gasteiger partial charge on any atom is -0.508 e. The fourth-order valence-corrected chi connectivity index (χ4v) is 7.18. The van der Waals surface area contributed by atoms with Crippen molar-refractivity contribution in [1.29, 1.82) is 0 Å². The number of H-pyrrole nitrogens is 2. The summed E-state index contributed by atoms with van der Waals surface area (Å²) in [6.07, 6.45) is 0. The first-order chi connectivity index (χ1) is 25.0. The molecule has 0 saturated carbocycles. The number of hydrogen-bond donors (Lipinski definition) is 3. The maximum atomic E-state index is 10.6. The summed E-state index contributed by atoms with van der Waals surface area (Å²) in [4.78, 5) is 38.0. The van der Waals surface area contributed by atoms with Gasteiger partial charge in [-0.3, -0.25) is 0 Å². The van der Waals surface area contributed by atoms with Crippen molar-refractivity contribution in [2.45, 2.75) is 78.6 Å². The molecule has 5 heterocycles. The second-order valence-electron chi connectivity index (χ2n) is 17.4. The minimum atomic E-state index is -0.0882. The number of aromatic nitrogens is 8. The molecule has 0 fully saturated rings. The summed E-state index contributed by atoms with van der Waals surface area (Å²) in [6.45, 7) is 19.8. The van der Waals surface area contributed by atoms with Gasteiger partial charge in [-0.1, -0.05) is 98.7 Å². The third kappa shape index (κ3) is 5.45. The van der Waals surface area contributed by atoms with Gasteiger partial charge in [0.25, 0.3) is 0 Å². The maximum absolute atomic E-state index is 10.6. The van der Waals surface area contributed by atoms with Crippen LogP contribution in [0.15, 0.2) is 72.8 Å². The predicted molar refractivity (Wildman–Crippen MR) is 214 cm³/mol. The van der Waals surface area contributed by atoms with Gasteiger partial charge in [-0.05, 0) is 69.3 Å². The van der Waals surface area contributed by atoms with Crippen LogP contribution in [-0.4, -0.2) is 45.0 Å². The average molecular weight is 699 g/mol. The van der Waals surface area contributed by atoms with Crippen molar-refractivity contribution in [3.8, 4) is 51.3 Å².